The molecule has 0 saturated carbocycles. The van der Waals surface area contributed by atoms with Crippen molar-refractivity contribution in [3.8, 4) is 12.3 Å². The Hall–Kier alpha value is -0.360. The van der Waals surface area contributed by atoms with Crippen molar-refractivity contribution >= 4 is 7.60 Å². The van der Waals surface area contributed by atoms with E-state index in [0.29, 0.717) is 0 Å². The second-order valence-electron chi connectivity index (χ2n) is 1.92. The van der Waals surface area contributed by atoms with Crippen molar-refractivity contribution in [3.05, 3.63) is 0 Å². The first-order valence-corrected chi connectivity index (χ1v) is 4.59. The smallest absolute Gasteiger partial charge is 0.286 e. The number of hydrogen-bond donors (Lipinski definition) is 0. The second kappa shape index (κ2) is 2.35. The van der Waals surface area contributed by atoms with Gasteiger partial charge in [-0.2, -0.15) is 0 Å². The zero-order chi connectivity index (χ0) is 7.78. The molecule has 0 spiro atoms. The first kappa shape index (κ1) is 7.74. The quantitative estimate of drug-likeness (QED) is 0.398. The maximum absolute atomic E-state index is 12.4. The van der Waals surface area contributed by atoms with Crippen LogP contribution in [0.25, 0.3) is 0 Å². The molecule has 0 aromatic rings. The molecular formula is C5H6FO3P. The molecule has 0 amide bonds. The van der Waals surface area contributed by atoms with Crippen molar-refractivity contribution in [1.29, 1.82) is 0 Å². The number of hydrogen-bond acceptors (Lipinski definition) is 3. The fourth-order valence-corrected chi connectivity index (χ4v) is 1.72. The zero-order valence-corrected chi connectivity index (χ0v) is 6.18. The van der Waals surface area contributed by atoms with E-state index < -0.39 is 20.1 Å². The lowest BCUT2D eigenvalue weighted by molar-refractivity contribution is 0.0644. The van der Waals surface area contributed by atoms with Crippen LogP contribution >= 0.6 is 7.60 Å². The molecule has 3 atom stereocenters. The Morgan fingerprint density at radius 1 is 1.70 bits per heavy atom. The molecule has 0 bridgehead atoms. The number of terminal acetylenes is 1. The minimum Gasteiger partial charge on any atom is -0.286 e. The third kappa shape index (κ3) is 1.38. The lowest BCUT2D eigenvalue weighted by Crippen LogP contribution is -2.14. The summed E-state index contributed by atoms with van der Waals surface area (Å²) in [5.41, 5.74) is 0. The summed E-state index contributed by atoms with van der Waals surface area (Å²) in [7, 11) is -3.19. The molecule has 0 aromatic heterocycles. The first-order chi connectivity index (χ1) is 4.55. The van der Waals surface area contributed by atoms with Crippen LogP contribution in [0.4, 0.5) is 4.39 Å². The molecule has 1 rings (SSSR count). The van der Waals surface area contributed by atoms with Gasteiger partial charge in [-0.3, -0.25) is 13.6 Å². The largest absolute Gasteiger partial charge is 0.331 e. The van der Waals surface area contributed by atoms with Gasteiger partial charge >= 0.3 is 7.60 Å². The van der Waals surface area contributed by atoms with Gasteiger partial charge in [-0.15, -0.1) is 6.42 Å². The van der Waals surface area contributed by atoms with Crippen molar-refractivity contribution in [3.63, 3.8) is 0 Å². The van der Waals surface area contributed by atoms with Crippen LogP contribution in [0, 0.1) is 12.3 Å². The van der Waals surface area contributed by atoms with Crippen molar-refractivity contribution in [2.45, 2.75) is 12.5 Å². The molecule has 5 heteroatoms. The van der Waals surface area contributed by atoms with Gasteiger partial charge < -0.3 is 0 Å². The molecule has 0 aliphatic carbocycles. The summed E-state index contributed by atoms with van der Waals surface area (Å²) in [5.74, 6) is 1.97. The van der Waals surface area contributed by atoms with Gasteiger partial charge in [-0.1, -0.05) is 5.92 Å². The van der Waals surface area contributed by atoms with Crippen molar-refractivity contribution < 1.29 is 18.0 Å². The Kier molecular flexibility index (Phi) is 1.82. The Bertz CT molecular complexity index is 221. The fraction of sp³-hybridized carbons (Fsp3) is 0.600. The average Bonchev–Trinajstić information content (AvgIpc) is 2.05. The van der Waals surface area contributed by atoms with E-state index in [9.17, 15) is 8.96 Å². The molecule has 3 unspecified atom stereocenters. The van der Waals surface area contributed by atoms with Gasteiger partial charge in [0.15, 0.2) is 6.10 Å². The highest BCUT2D eigenvalue weighted by Gasteiger charge is 2.40. The van der Waals surface area contributed by atoms with Crippen LogP contribution in [0.3, 0.4) is 0 Å². The molecule has 0 radical (unpaired) electrons. The van der Waals surface area contributed by atoms with E-state index in [1.54, 1.807) is 0 Å². The van der Waals surface area contributed by atoms with Crippen molar-refractivity contribution in [2.75, 3.05) is 6.66 Å². The number of alkyl halides is 1. The topological polar surface area (TPSA) is 35.5 Å². The zero-order valence-electron chi connectivity index (χ0n) is 5.28. The number of halogens is 1. The van der Waals surface area contributed by atoms with Crippen LogP contribution in [0.15, 0.2) is 0 Å². The highest BCUT2D eigenvalue weighted by Crippen LogP contribution is 2.53. The summed E-state index contributed by atoms with van der Waals surface area (Å²) in [6.45, 7) is 1.18. The molecule has 1 saturated heterocycles. The maximum Gasteiger partial charge on any atom is 0.331 e. The van der Waals surface area contributed by atoms with Crippen LogP contribution in [-0.4, -0.2) is 19.1 Å². The molecular weight excluding hydrogens is 158 g/mol. The van der Waals surface area contributed by atoms with Gasteiger partial charge in [0.25, 0.3) is 0 Å². The monoisotopic (exact) mass is 164 g/mol. The SMILES string of the molecule is C#CC1OP(C)(=O)OC1F. The predicted molar refractivity (Wildman–Crippen MR) is 33.2 cm³/mol. The van der Waals surface area contributed by atoms with Crippen LogP contribution in [-0.2, 0) is 13.6 Å². The highest BCUT2D eigenvalue weighted by atomic mass is 31.2. The van der Waals surface area contributed by atoms with E-state index in [1.165, 1.54) is 6.66 Å². The lowest BCUT2D eigenvalue weighted by atomic mass is 10.4. The predicted octanol–water partition coefficient (Wildman–Crippen LogP) is 1.15. The van der Waals surface area contributed by atoms with Gasteiger partial charge in [0, 0.05) is 6.66 Å². The molecule has 1 heterocycles. The van der Waals surface area contributed by atoms with Gasteiger partial charge in [0.05, 0.1) is 0 Å². The molecule has 1 aliphatic heterocycles. The van der Waals surface area contributed by atoms with Gasteiger partial charge in [0.2, 0.25) is 6.36 Å². The van der Waals surface area contributed by atoms with Crippen LogP contribution in [0.1, 0.15) is 0 Å². The van der Waals surface area contributed by atoms with Crippen molar-refractivity contribution in [1.82, 2.24) is 0 Å². The van der Waals surface area contributed by atoms with E-state index in [-0.39, 0.29) is 0 Å². The molecule has 3 nitrogen and oxygen atoms in total. The van der Waals surface area contributed by atoms with E-state index >= 15 is 0 Å². The Balaban J connectivity index is 2.73. The summed E-state index contributed by atoms with van der Waals surface area (Å²) >= 11 is 0. The molecule has 1 fully saturated rings. The summed E-state index contributed by atoms with van der Waals surface area (Å²) < 4.78 is 32.0. The molecule has 10 heavy (non-hydrogen) atoms. The summed E-state index contributed by atoms with van der Waals surface area (Å²) in [6.07, 6.45) is 1.97. The molecule has 56 valence electrons. The normalized spacial score (nSPS) is 46.9. The highest BCUT2D eigenvalue weighted by molar-refractivity contribution is 7.53. The minimum atomic E-state index is -3.19. The molecule has 1 aliphatic rings. The third-order valence-electron chi connectivity index (χ3n) is 1.000. The molecule has 0 aromatic carbocycles. The van der Waals surface area contributed by atoms with Gasteiger partial charge in [0.1, 0.15) is 0 Å². The average molecular weight is 164 g/mol. The maximum atomic E-state index is 12.4. The van der Waals surface area contributed by atoms with Gasteiger partial charge in [-0.25, -0.2) is 4.39 Å². The Morgan fingerprint density at radius 2 is 2.30 bits per heavy atom. The summed E-state index contributed by atoms with van der Waals surface area (Å²) in [5, 5.41) is 0. The van der Waals surface area contributed by atoms with E-state index in [1.807, 2.05) is 5.92 Å². The first-order valence-electron chi connectivity index (χ1n) is 2.60. The van der Waals surface area contributed by atoms with E-state index in [4.69, 9.17) is 6.42 Å². The van der Waals surface area contributed by atoms with Crippen LogP contribution < -0.4 is 0 Å². The van der Waals surface area contributed by atoms with E-state index in [2.05, 4.69) is 9.05 Å². The van der Waals surface area contributed by atoms with Crippen LogP contribution in [0.5, 0.6) is 0 Å². The van der Waals surface area contributed by atoms with Crippen LogP contribution in [0.2, 0.25) is 0 Å². The Morgan fingerprint density at radius 3 is 2.50 bits per heavy atom. The summed E-state index contributed by atoms with van der Waals surface area (Å²) in [4.78, 5) is 0. The van der Waals surface area contributed by atoms with Crippen molar-refractivity contribution in [2.24, 2.45) is 0 Å². The Labute approximate surface area is 58.0 Å². The lowest BCUT2D eigenvalue weighted by Gasteiger charge is -1.98. The van der Waals surface area contributed by atoms with E-state index in [0.717, 1.165) is 0 Å². The second-order valence-corrected chi connectivity index (χ2v) is 3.88. The number of rotatable bonds is 0. The summed E-state index contributed by atoms with van der Waals surface area (Å²) in [6, 6.07) is 0. The minimum absolute atomic E-state index is 1.11. The standard InChI is InChI=1S/C5H6FO3P/c1-3-4-5(6)9-10(2,7)8-4/h1,4-5H,2H3. The third-order valence-corrected chi connectivity index (χ3v) is 2.19. The molecule has 0 N–H and O–H groups in total. The van der Waals surface area contributed by atoms with Gasteiger partial charge in [-0.05, 0) is 0 Å². The fourth-order valence-electron chi connectivity index (χ4n) is 0.623.